The molecule has 3 aromatic rings. The molecule has 20 heavy (non-hydrogen) atoms. The molecule has 0 aliphatic carbocycles. The van der Waals surface area contributed by atoms with Gasteiger partial charge in [-0.1, -0.05) is 23.7 Å². The predicted molar refractivity (Wildman–Crippen MR) is 83.1 cm³/mol. The molecule has 1 heterocycles. The molecule has 0 amide bonds. The van der Waals surface area contributed by atoms with Gasteiger partial charge in [-0.15, -0.1) is 0 Å². The van der Waals surface area contributed by atoms with E-state index in [-0.39, 0.29) is 0 Å². The number of ether oxygens (including phenoxy) is 1. The van der Waals surface area contributed by atoms with Crippen molar-refractivity contribution < 1.29 is 4.74 Å². The van der Waals surface area contributed by atoms with Gasteiger partial charge in [0.25, 0.3) is 0 Å². The third-order valence-electron chi connectivity index (χ3n) is 3.38. The number of nitrogens with two attached hydrogens (primary N) is 1. The Labute approximate surface area is 122 Å². The number of para-hydroxylation sites is 1. The first-order chi connectivity index (χ1) is 9.65. The van der Waals surface area contributed by atoms with Crippen LogP contribution in [0.3, 0.4) is 0 Å². The maximum Gasteiger partial charge on any atom is 0.138 e. The Hall–Kier alpha value is -2.13. The highest BCUT2D eigenvalue weighted by atomic mass is 35.5. The van der Waals surface area contributed by atoms with E-state index in [4.69, 9.17) is 22.1 Å². The van der Waals surface area contributed by atoms with E-state index in [1.807, 2.05) is 49.5 Å². The SMILES string of the molecule is Cn1c(COc2ccccc2Cl)cc2cc(N)ccc21. The maximum absolute atomic E-state index is 6.08. The number of rotatable bonds is 3. The summed E-state index contributed by atoms with van der Waals surface area (Å²) in [6.45, 7) is 0.467. The molecule has 3 rings (SSSR count). The van der Waals surface area contributed by atoms with Crippen LogP contribution in [-0.2, 0) is 13.7 Å². The van der Waals surface area contributed by atoms with Gasteiger partial charge in [-0.3, -0.25) is 0 Å². The van der Waals surface area contributed by atoms with Crippen molar-refractivity contribution in [1.29, 1.82) is 0 Å². The van der Waals surface area contributed by atoms with Crippen molar-refractivity contribution in [3.63, 3.8) is 0 Å². The molecule has 102 valence electrons. The van der Waals surface area contributed by atoms with Gasteiger partial charge in [-0.2, -0.15) is 0 Å². The van der Waals surface area contributed by atoms with Crippen molar-refractivity contribution in [2.45, 2.75) is 6.61 Å². The second-order valence-corrected chi connectivity index (χ2v) is 5.14. The summed E-state index contributed by atoms with van der Waals surface area (Å²) in [5, 5.41) is 1.74. The Morgan fingerprint density at radius 2 is 1.95 bits per heavy atom. The molecule has 1 aromatic heterocycles. The molecular formula is C16H15ClN2O. The quantitative estimate of drug-likeness (QED) is 0.740. The lowest BCUT2D eigenvalue weighted by molar-refractivity contribution is 0.298. The average Bonchev–Trinajstić information content (AvgIpc) is 2.74. The maximum atomic E-state index is 6.08. The molecule has 3 nitrogen and oxygen atoms in total. The summed E-state index contributed by atoms with van der Waals surface area (Å²) >= 11 is 6.08. The molecule has 0 saturated carbocycles. The Balaban J connectivity index is 1.88. The molecule has 2 aromatic carbocycles. The summed E-state index contributed by atoms with van der Waals surface area (Å²) in [5.74, 6) is 0.693. The molecule has 0 unspecified atom stereocenters. The first kappa shape index (κ1) is 12.9. The minimum Gasteiger partial charge on any atom is -0.486 e. The van der Waals surface area contributed by atoms with Gasteiger partial charge in [-0.25, -0.2) is 0 Å². The second kappa shape index (κ2) is 5.10. The van der Waals surface area contributed by atoms with Gasteiger partial charge in [0, 0.05) is 23.6 Å². The average molecular weight is 287 g/mol. The number of fused-ring (bicyclic) bond motifs is 1. The standard InChI is InChI=1S/C16H15ClN2O/c1-19-13(9-11-8-12(18)6-7-15(11)19)10-20-16-5-3-2-4-14(16)17/h2-9H,10,18H2,1H3. The molecule has 0 aliphatic heterocycles. The minimum absolute atomic E-state index is 0.467. The first-order valence-electron chi connectivity index (χ1n) is 6.36. The molecule has 0 fully saturated rings. The van der Waals surface area contributed by atoms with Gasteiger partial charge in [-0.05, 0) is 36.4 Å². The van der Waals surface area contributed by atoms with E-state index in [0.29, 0.717) is 17.4 Å². The lowest BCUT2D eigenvalue weighted by atomic mass is 10.2. The lowest BCUT2D eigenvalue weighted by Gasteiger charge is -2.08. The molecule has 0 atom stereocenters. The fourth-order valence-electron chi connectivity index (χ4n) is 2.28. The van der Waals surface area contributed by atoms with Gasteiger partial charge in [0.2, 0.25) is 0 Å². The van der Waals surface area contributed by atoms with Crippen LogP contribution in [-0.4, -0.2) is 4.57 Å². The Bertz CT molecular complexity index is 764. The van der Waals surface area contributed by atoms with Crippen molar-refractivity contribution in [2.75, 3.05) is 5.73 Å². The van der Waals surface area contributed by atoms with Crippen LogP contribution in [0.4, 0.5) is 5.69 Å². The van der Waals surface area contributed by atoms with Crippen molar-refractivity contribution in [2.24, 2.45) is 7.05 Å². The van der Waals surface area contributed by atoms with Crippen LogP contribution in [0.5, 0.6) is 5.75 Å². The summed E-state index contributed by atoms with van der Waals surface area (Å²) < 4.78 is 7.88. The van der Waals surface area contributed by atoms with Gasteiger partial charge in [0.05, 0.1) is 10.7 Å². The van der Waals surface area contributed by atoms with E-state index in [1.54, 1.807) is 0 Å². The van der Waals surface area contributed by atoms with Gasteiger partial charge in [0.1, 0.15) is 12.4 Å². The summed E-state index contributed by atoms with van der Waals surface area (Å²) in [5.41, 5.74) is 8.79. The fraction of sp³-hybridized carbons (Fsp3) is 0.125. The normalized spacial score (nSPS) is 10.9. The van der Waals surface area contributed by atoms with Crippen LogP contribution in [0.25, 0.3) is 10.9 Å². The number of aromatic nitrogens is 1. The molecule has 0 radical (unpaired) electrons. The number of benzene rings is 2. The van der Waals surface area contributed by atoms with E-state index in [2.05, 4.69) is 10.6 Å². The largest absolute Gasteiger partial charge is 0.486 e. The Morgan fingerprint density at radius 1 is 1.15 bits per heavy atom. The second-order valence-electron chi connectivity index (χ2n) is 4.73. The van der Waals surface area contributed by atoms with E-state index in [0.717, 1.165) is 22.3 Å². The molecule has 0 saturated heterocycles. The highest BCUT2D eigenvalue weighted by Gasteiger charge is 2.07. The lowest BCUT2D eigenvalue weighted by Crippen LogP contribution is -2.01. The number of aryl methyl sites for hydroxylation is 1. The van der Waals surface area contributed by atoms with Crippen molar-refractivity contribution in [3.05, 3.63) is 59.2 Å². The smallest absolute Gasteiger partial charge is 0.138 e. The van der Waals surface area contributed by atoms with Gasteiger partial charge in [0.15, 0.2) is 0 Å². The summed E-state index contributed by atoms with van der Waals surface area (Å²) in [4.78, 5) is 0. The van der Waals surface area contributed by atoms with Crippen LogP contribution in [0.2, 0.25) is 5.02 Å². The zero-order valence-corrected chi connectivity index (χ0v) is 11.9. The zero-order chi connectivity index (χ0) is 14.1. The molecule has 0 aliphatic rings. The number of nitrogen functional groups attached to an aromatic ring is 1. The van der Waals surface area contributed by atoms with E-state index < -0.39 is 0 Å². The summed E-state index contributed by atoms with van der Waals surface area (Å²) in [7, 11) is 2.02. The van der Waals surface area contributed by atoms with E-state index in [9.17, 15) is 0 Å². The van der Waals surface area contributed by atoms with E-state index >= 15 is 0 Å². The summed E-state index contributed by atoms with van der Waals surface area (Å²) in [6, 6.07) is 15.4. The zero-order valence-electron chi connectivity index (χ0n) is 11.1. The molecular weight excluding hydrogens is 272 g/mol. The van der Waals surface area contributed by atoms with Gasteiger partial charge >= 0.3 is 0 Å². The van der Waals surface area contributed by atoms with Crippen molar-refractivity contribution in [1.82, 2.24) is 4.57 Å². The number of anilines is 1. The predicted octanol–water partition coefficient (Wildman–Crippen LogP) is 3.99. The third-order valence-corrected chi connectivity index (χ3v) is 3.69. The highest BCUT2D eigenvalue weighted by Crippen LogP contribution is 2.26. The van der Waals surface area contributed by atoms with Crippen LogP contribution in [0, 0.1) is 0 Å². The number of nitrogens with zero attached hydrogens (tertiary/aromatic N) is 1. The van der Waals surface area contributed by atoms with Crippen LogP contribution in [0.15, 0.2) is 48.5 Å². The van der Waals surface area contributed by atoms with Gasteiger partial charge < -0.3 is 15.0 Å². The topological polar surface area (TPSA) is 40.2 Å². The van der Waals surface area contributed by atoms with Crippen molar-refractivity contribution in [3.8, 4) is 5.75 Å². The Morgan fingerprint density at radius 3 is 2.75 bits per heavy atom. The Kier molecular flexibility index (Phi) is 3.28. The summed E-state index contributed by atoms with van der Waals surface area (Å²) in [6.07, 6.45) is 0. The molecule has 2 N–H and O–H groups in total. The van der Waals surface area contributed by atoms with E-state index in [1.165, 1.54) is 0 Å². The molecule has 0 spiro atoms. The number of hydrogen-bond acceptors (Lipinski definition) is 2. The highest BCUT2D eigenvalue weighted by molar-refractivity contribution is 6.32. The fourth-order valence-corrected chi connectivity index (χ4v) is 2.47. The van der Waals surface area contributed by atoms with Crippen LogP contribution < -0.4 is 10.5 Å². The number of halogens is 1. The van der Waals surface area contributed by atoms with Crippen molar-refractivity contribution >= 4 is 28.2 Å². The minimum atomic E-state index is 0.467. The monoisotopic (exact) mass is 286 g/mol. The van der Waals surface area contributed by atoms with Crippen LogP contribution in [0.1, 0.15) is 5.69 Å². The third kappa shape index (κ3) is 2.32. The first-order valence-corrected chi connectivity index (χ1v) is 6.74. The number of hydrogen-bond donors (Lipinski definition) is 1. The van der Waals surface area contributed by atoms with Crippen LogP contribution >= 0.6 is 11.6 Å². The molecule has 4 heteroatoms. The molecule has 0 bridgehead atoms.